The van der Waals surface area contributed by atoms with E-state index in [0.717, 1.165) is 35.5 Å². The maximum Gasteiger partial charge on any atom is 0.270 e. The number of halogens is 1. The molecule has 0 N–H and O–H groups in total. The van der Waals surface area contributed by atoms with Crippen molar-refractivity contribution in [2.24, 2.45) is 11.8 Å². The van der Waals surface area contributed by atoms with E-state index < -0.39 is 0 Å². The summed E-state index contributed by atoms with van der Waals surface area (Å²) in [6, 6.07) is 12.0. The van der Waals surface area contributed by atoms with Crippen molar-refractivity contribution in [1.82, 2.24) is 0 Å². The maximum absolute atomic E-state index is 11.7. The van der Waals surface area contributed by atoms with Crippen molar-refractivity contribution < 1.29 is 4.92 Å². The first-order valence-electron chi connectivity index (χ1n) is 10.3. The molecule has 0 saturated heterocycles. The van der Waals surface area contributed by atoms with E-state index in [1.807, 2.05) is 24.3 Å². The van der Waals surface area contributed by atoms with Crippen LogP contribution >= 0.6 is 11.6 Å². The Kier molecular flexibility index (Phi) is 3.70. The second kappa shape index (κ2) is 6.20. The monoisotopic (exact) mass is 404 g/mol. The molecule has 0 fully saturated rings. The third-order valence-corrected chi connectivity index (χ3v) is 7.61. The fraction of sp³-hybridized carbons (Fsp3) is 0.333. The van der Waals surface area contributed by atoms with Gasteiger partial charge in [0.05, 0.1) is 11.0 Å². The van der Waals surface area contributed by atoms with Crippen molar-refractivity contribution >= 4 is 23.0 Å². The Hall–Kier alpha value is -2.59. The zero-order chi connectivity index (χ0) is 19.7. The van der Waals surface area contributed by atoms with Crippen LogP contribution in [0.4, 0.5) is 11.4 Å². The topological polar surface area (TPSA) is 46.4 Å². The molecule has 5 heteroatoms. The number of nitro groups is 1. The van der Waals surface area contributed by atoms with E-state index in [1.54, 1.807) is 0 Å². The summed E-state index contributed by atoms with van der Waals surface area (Å²) in [7, 11) is 0. The molecule has 0 spiro atoms. The number of nitrogens with zero attached hydrogens (tertiary/aromatic N) is 2. The molecule has 4 aliphatic rings. The number of non-ortho nitro benzene ring substituents is 1. The van der Waals surface area contributed by atoms with E-state index in [9.17, 15) is 10.1 Å². The summed E-state index contributed by atoms with van der Waals surface area (Å²) in [6.45, 7) is 0.967. The van der Waals surface area contributed by atoms with Gasteiger partial charge in [0.2, 0.25) is 0 Å². The number of nitro benzene ring substituents is 1. The summed E-state index contributed by atoms with van der Waals surface area (Å²) < 4.78 is 0. The van der Waals surface area contributed by atoms with Crippen molar-refractivity contribution in [2.75, 3.05) is 11.4 Å². The predicted octanol–water partition coefficient (Wildman–Crippen LogP) is 6.14. The number of rotatable bonds is 2. The molecule has 6 rings (SSSR count). The van der Waals surface area contributed by atoms with Crippen molar-refractivity contribution in [1.29, 1.82) is 0 Å². The molecule has 2 aliphatic heterocycles. The highest BCUT2D eigenvalue weighted by molar-refractivity contribution is 6.31. The van der Waals surface area contributed by atoms with Gasteiger partial charge in [0.25, 0.3) is 5.69 Å². The number of benzene rings is 2. The molecule has 2 aliphatic carbocycles. The average molecular weight is 405 g/mol. The van der Waals surface area contributed by atoms with Gasteiger partial charge in [-0.05, 0) is 47.4 Å². The highest BCUT2D eigenvalue weighted by Crippen LogP contribution is 2.59. The van der Waals surface area contributed by atoms with Gasteiger partial charge in [-0.3, -0.25) is 10.1 Å². The van der Waals surface area contributed by atoms with Crippen molar-refractivity contribution in [2.45, 2.75) is 30.7 Å². The fourth-order valence-corrected chi connectivity index (χ4v) is 6.38. The fourth-order valence-electron chi connectivity index (χ4n) is 6.13. The highest BCUT2D eigenvalue weighted by Gasteiger charge is 2.48. The van der Waals surface area contributed by atoms with Crippen LogP contribution in [0, 0.1) is 22.0 Å². The second-order valence-corrected chi connectivity index (χ2v) is 9.06. The molecule has 146 valence electrons. The largest absolute Gasteiger partial charge is 0.363 e. The van der Waals surface area contributed by atoms with E-state index in [1.165, 1.54) is 11.3 Å². The van der Waals surface area contributed by atoms with Crippen LogP contribution in [-0.4, -0.2) is 11.5 Å². The highest BCUT2D eigenvalue weighted by atomic mass is 35.5. The van der Waals surface area contributed by atoms with Crippen LogP contribution in [0.25, 0.3) is 0 Å². The van der Waals surface area contributed by atoms with Gasteiger partial charge in [-0.1, -0.05) is 54.1 Å². The first-order chi connectivity index (χ1) is 14.1. The molecule has 0 unspecified atom stereocenters. The van der Waals surface area contributed by atoms with Crippen molar-refractivity contribution in [3.05, 3.63) is 92.5 Å². The number of fused-ring (bicyclic) bond motifs is 4. The van der Waals surface area contributed by atoms with Gasteiger partial charge in [0, 0.05) is 41.2 Å². The lowest BCUT2D eigenvalue weighted by molar-refractivity contribution is -0.385. The van der Waals surface area contributed by atoms with Crippen LogP contribution in [0.2, 0.25) is 5.02 Å². The van der Waals surface area contributed by atoms with Crippen LogP contribution in [0.3, 0.4) is 0 Å². The average Bonchev–Trinajstić information content (AvgIpc) is 3.38. The molecule has 0 saturated carbocycles. The molecule has 29 heavy (non-hydrogen) atoms. The van der Waals surface area contributed by atoms with Crippen LogP contribution in [0.1, 0.15) is 47.4 Å². The summed E-state index contributed by atoms with van der Waals surface area (Å²) in [5, 5.41) is 12.5. The van der Waals surface area contributed by atoms with E-state index >= 15 is 0 Å². The standard InChI is InChI=1S/C24H21ClN2O2/c25-22-10-2-1-6-19(22)23-18-9-4-8-17(18)21-12-15(27(28)29)11-20-16-7-3-5-14(16)13-26(23)24(20)21/h1-4,6-8,10-12,14,16-18,23H,5,9,13H2/t14-,16+,17+,18-,23-/m1/s1. The van der Waals surface area contributed by atoms with Gasteiger partial charge in [0.1, 0.15) is 0 Å². The smallest absolute Gasteiger partial charge is 0.270 e. The number of hydrogen-bond donors (Lipinski definition) is 0. The number of hydrogen-bond acceptors (Lipinski definition) is 3. The molecule has 0 radical (unpaired) electrons. The summed E-state index contributed by atoms with van der Waals surface area (Å²) in [5.74, 6) is 1.29. The third-order valence-electron chi connectivity index (χ3n) is 7.27. The van der Waals surface area contributed by atoms with Gasteiger partial charge < -0.3 is 4.90 Å². The normalized spacial score (nSPS) is 30.8. The minimum Gasteiger partial charge on any atom is -0.363 e. The first kappa shape index (κ1) is 17.3. The maximum atomic E-state index is 11.7. The Balaban J connectivity index is 1.62. The molecule has 0 aromatic heterocycles. The Morgan fingerprint density at radius 3 is 2.52 bits per heavy atom. The van der Waals surface area contributed by atoms with Crippen LogP contribution < -0.4 is 4.90 Å². The Morgan fingerprint density at radius 1 is 1.00 bits per heavy atom. The lowest BCUT2D eigenvalue weighted by Gasteiger charge is -2.51. The molecule has 5 atom stereocenters. The number of anilines is 1. The van der Waals surface area contributed by atoms with Crippen LogP contribution in [-0.2, 0) is 0 Å². The third kappa shape index (κ3) is 2.39. The molecular weight excluding hydrogens is 384 g/mol. The van der Waals surface area contributed by atoms with E-state index in [-0.39, 0.29) is 28.5 Å². The second-order valence-electron chi connectivity index (χ2n) is 8.65. The molecule has 4 nitrogen and oxygen atoms in total. The van der Waals surface area contributed by atoms with Gasteiger partial charge in [-0.2, -0.15) is 0 Å². The van der Waals surface area contributed by atoms with Gasteiger partial charge in [0.15, 0.2) is 0 Å². The van der Waals surface area contributed by atoms with Gasteiger partial charge in [-0.15, -0.1) is 0 Å². The molecule has 2 aromatic rings. The SMILES string of the molecule is O=[N+]([O-])c1cc2c3c(c1)[C@H]1C=CC[C@H]1[C@H](c1ccccc1Cl)N3C[C@H]1CC=C[C@H]21. The van der Waals surface area contributed by atoms with Gasteiger partial charge in [-0.25, -0.2) is 0 Å². The van der Waals surface area contributed by atoms with Gasteiger partial charge >= 0.3 is 0 Å². The summed E-state index contributed by atoms with van der Waals surface area (Å²) >= 11 is 6.68. The summed E-state index contributed by atoms with van der Waals surface area (Å²) in [5.41, 5.74) is 4.84. The summed E-state index contributed by atoms with van der Waals surface area (Å²) in [6.07, 6.45) is 11.0. The Labute approximate surface area is 174 Å². The quantitative estimate of drug-likeness (QED) is 0.343. The molecular formula is C24H21ClN2O2. The molecule has 2 aromatic carbocycles. The zero-order valence-electron chi connectivity index (χ0n) is 15.9. The van der Waals surface area contributed by atoms with Crippen LogP contribution in [0.15, 0.2) is 60.7 Å². The predicted molar refractivity (Wildman–Crippen MR) is 115 cm³/mol. The molecule has 2 heterocycles. The van der Waals surface area contributed by atoms with E-state index in [0.29, 0.717) is 11.8 Å². The first-order valence-corrected chi connectivity index (χ1v) is 10.7. The van der Waals surface area contributed by atoms with E-state index in [2.05, 4.69) is 41.3 Å². The summed E-state index contributed by atoms with van der Waals surface area (Å²) in [4.78, 5) is 14.0. The molecule has 0 amide bonds. The van der Waals surface area contributed by atoms with E-state index in [4.69, 9.17) is 11.6 Å². The zero-order valence-corrected chi connectivity index (χ0v) is 16.6. The van der Waals surface area contributed by atoms with Crippen LogP contribution in [0.5, 0.6) is 0 Å². The number of allylic oxidation sites excluding steroid dienone is 4. The Morgan fingerprint density at radius 2 is 1.72 bits per heavy atom. The minimum atomic E-state index is -0.239. The lowest BCUT2D eigenvalue weighted by Crippen LogP contribution is -2.46. The van der Waals surface area contributed by atoms with Crippen molar-refractivity contribution in [3.63, 3.8) is 0 Å². The minimum absolute atomic E-state index is 0.193. The lowest BCUT2D eigenvalue weighted by atomic mass is 9.70. The molecule has 0 bridgehead atoms. The Bertz CT molecular complexity index is 1080. The van der Waals surface area contributed by atoms with Crippen molar-refractivity contribution in [3.8, 4) is 0 Å².